The van der Waals surface area contributed by atoms with Gasteiger partial charge in [0, 0.05) is 16.4 Å². The molecule has 1 heterocycles. The summed E-state index contributed by atoms with van der Waals surface area (Å²) in [5, 5.41) is 4.09. The van der Waals surface area contributed by atoms with E-state index in [1.165, 1.54) is 0 Å². The topological polar surface area (TPSA) is 68.0 Å². The first-order valence-corrected chi connectivity index (χ1v) is 9.00. The lowest BCUT2D eigenvalue weighted by Crippen LogP contribution is -2.34. The molecule has 1 amide bonds. The van der Waals surface area contributed by atoms with Crippen LogP contribution in [-0.4, -0.2) is 17.4 Å². The van der Waals surface area contributed by atoms with Gasteiger partial charge in [-0.05, 0) is 32.2 Å². The first-order valence-electron chi connectivity index (χ1n) is 8.18. The van der Waals surface area contributed by atoms with Crippen LogP contribution >= 0.6 is 23.7 Å². The lowest BCUT2D eigenvalue weighted by atomic mass is 9.95. The van der Waals surface area contributed by atoms with Gasteiger partial charge in [-0.3, -0.25) is 4.79 Å². The van der Waals surface area contributed by atoms with E-state index in [0.717, 1.165) is 40.4 Å². The first kappa shape index (κ1) is 18.9. The Kier molecular flexibility index (Phi) is 6.78. The van der Waals surface area contributed by atoms with Gasteiger partial charge in [0.05, 0.1) is 12.2 Å². The van der Waals surface area contributed by atoms with E-state index in [1.807, 2.05) is 25.1 Å². The van der Waals surface area contributed by atoms with Crippen LogP contribution in [0.25, 0.3) is 10.6 Å². The minimum absolute atomic E-state index is 0. The Morgan fingerprint density at radius 1 is 1.33 bits per heavy atom. The van der Waals surface area contributed by atoms with Crippen molar-refractivity contribution in [3.8, 4) is 10.6 Å². The lowest BCUT2D eigenvalue weighted by Gasteiger charge is -2.17. The Labute approximate surface area is 153 Å². The summed E-state index contributed by atoms with van der Waals surface area (Å²) in [6.45, 7) is 3.17. The average molecular weight is 366 g/mol. The third-order valence-corrected chi connectivity index (χ3v) is 5.84. The molecule has 0 bridgehead atoms. The zero-order valence-electron chi connectivity index (χ0n) is 13.8. The number of nitrogens with two attached hydrogens (primary N) is 1. The van der Waals surface area contributed by atoms with Crippen LogP contribution in [0.1, 0.15) is 29.8 Å². The molecule has 1 aromatic carbocycles. The van der Waals surface area contributed by atoms with E-state index in [4.69, 9.17) is 5.73 Å². The van der Waals surface area contributed by atoms with Crippen LogP contribution in [0.4, 0.5) is 0 Å². The smallest absolute Gasteiger partial charge is 0.223 e. The van der Waals surface area contributed by atoms with Crippen molar-refractivity contribution in [2.45, 2.75) is 32.7 Å². The van der Waals surface area contributed by atoms with Crippen LogP contribution in [0.5, 0.6) is 0 Å². The van der Waals surface area contributed by atoms with Gasteiger partial charge in [-0.15, -0.1) is 23.7 Å². The number of carbonyl (C=O) groups is 1. The molecule has 2 aromatic rings. The Balaban J connectivity index is 0.00000208. The normalized spacial score (nSPS) is 19.8. The molecule has 3 N–H and O–H groups in total. The second-order valence-electron chi connectivity index (χ2n) is 6.14. The number of rotatable bonds is 5. The monoisotopic (exact) mass is 365 g/mol. The Morgan fingerprint density at radius 3 is 2.79 bits per heavy atom. The zero-order valence-corrected chi connectivity index (χ0v) is 15.5. The number of nitrogens with zero attached hydrogens (tertiary/aromatic N) is 1. The maximum atomic E-state index is 12.4. The summed E-state index contributed by atoms with van der Waals surface area (Å²) < 4.78 is 0. The van der Waals surface area contributed by atoms with E-state index < -0.39 is 0 Å². The number of aromatic nitrogens is 1. The molecule has 0 radical (unpaired) electrons. The van der Waals surface area contributed by atoms with E-state index in [9.17, 15) is 4.79 Å². The molecular formula is C18H24ClN3OS. The Morgan fingerprint density at radius 2 is 2.08 bits per heavy atom. The van der Waals surface area contributed by atoms with Crippen molar-refractivity contribution in [1.29, 1.82) is 0 Å². The van der Waals surface area contributed by atoms with Crippen molar-refractivity contribution in [1.82, 2.24) is 10.3 Å². The molecule has 0 spiro atoms. The minimum Gasteiger partial charge on any atom is -0.351 e. The lowest BCUT2D eigenvalue weighted by molar-refractivity contribution is -0.126. The highest BCUT2D eigenvalue weighted by atomic mass is 35.5. The molecule has 0 saturated heterocycles. The summed E-state index contributed by atoms with van der Waals surface area (Å²) in [6, 6.07) is 10.2. The number of hydrogen-bond acceptors (Lipinski definition) is 4. The van der Waals surface area contributed by atoms with Crippen LogP contribution < -0.4 is 11.1 Å². The molecule has 130 valence electrons. The second kappa shape index (κ2) is 8.60. The highest BCUT2D eigenvalue weighted by molar-refractivity contribution is 7.15. The van der Waals surface area contributed by atoms with Crippen molar-refractivity contribution >= 4 is 29.7 Å². The molecule has 24 heavy (non-hydrogen) atoms. The molecule has 0 aliphatic heterocycles. The Hall–Kier alpha value is -1.43. The van der Waals surface area contributed by atoms with Crippen molar-refractivity contribution in [3.05, 3.63) is 40.9 Å². The quantitative estimate of drug-likeness (QED) is 0.851. The van der Waals surface area contributed by atoms with Crippen molar-refractivity contribution in [2.75, 3.05) is 6.54 Å². The highest BCUT2D eigenvalue weighted by Gasteiger charge is 2.31. The highest BCUT2D eigenvalue weighted by Crippen LogP contribution is 2.31. The summed E-state index contributed by atoms with van der Waals surface area (Å²) in [5.74, 6) is 0.575. The number of amides is 1. The fourth-order valence-electron chi connectivity index (χ4n) is 3.26. The SMILES string of the molecule is Cc1nc(-c2ccccc2)sc1CNC(=O)[C@@H]1CCC[C@@H]1CN.Cl. The van der Waals surface area contributed by atoms with Crippen LogP contribution in [0.3, 0.4) is 0 Å². The number of benzene rings is 1. The van der Waals surface area contributed by atoms with Crippen molar-refractivity contribution in [3.63, 3.8) is 0 Å². The van der Waals surface area contributed by atoms with Crippen LogP contribution in [0.15, 0.2) is 30.3 Å². The fourth-order valence-corrected chi connectivity index (χ4v) is 4.27. The van der Waals surface area contributed by atoms with Crippen molar-refractivity contribution < 1.29 is 4.79 Å². The van der Waals surface area contributed by atoms with E-state index in [0.29, 0.717) is 19.0 Å². The average Bonchev–Trinajstić information content (AvgIpc) is 3.20. The molecule has 1 aliphatic rings. The summed E-state index contributed by atoms with van der Waals surface area (Å²) in [5.41, 5.74) is 7.89. The largest absolute Gasteiger partial charge is 0.351 e. The van der Waals surface area contributed by atoms with E-state index in [1.54, 1.807) is 11.3 Å². The van der Waals surface area contributed by atoms with E-state index >= 15 is 0 Å². The van der Waals surface area contributed by atoms with E-state index in [-0.39, 0.29) is 24.2 Å². The molecule has 3 rings (SSSR count). The molecule has 0 unspecified atom stereocenters. The molecule has 4 nitrogen and oxygen atoms in total. The van der Waals surface area contributed by atoms with Gasteiger partial charge in [0.2, 0.25) is 5.91 Å². The maximum Gasteiger partial charge on any atom is 0.223 e. The molecule has 1 fully saturated rings. The molecule has 6 heteroatoms. The van der Waals surface area contributed by atoms with Gasteiger partial charge >= 0.3 is 0 Å². The summed E-state index contributed by atoms with van der Waals surface area (Å²) >= 11 is 1.65. The number of carbonyl (C=O) groups excluding carboxylic acids is 1. The summed E-state index contributed by atoms with van der Waals surface area (Å²) in [4.78, 5) is 18.2. The number of hydrogen-bond donors (Lipinski definition) is 2. The zero-order chi connectivity index (χ0) is 16.2. The molecular weight excluding hydrogens is 342 g/mol. The van der Waals surface area contributed by atoms with Gasteiger partial charge in [-0.25, -0.2) is 4.98 Å². The van der Waals surface area contributed by atoms with Crippen LogP contribution in [0.2, 0.25) is 0 Å². The predicted molar refractivity (Wildman–Crippen MR) is 101 cm³/mol. The third-order valence-electron chi connectivity index (χ3n) is 4.64. The van der Waals surface area contributed by atoms with Crippen LogP contribution in [0, 0.1) is 18.8 Å². The predicted octanol–water partition coefficient (Wildman–Crippen LogP) is 3.53. The number of nitrogens with one attached hydrogen (secondary N) is 1. The molecule has 1 aromatic heterocycles. The third kappa shape index (κ3) is 4.15. The number of thiazole rings is 1. The summed E-state index contributed by atoms with van der Waals surface area (Å²) in [7, 11) is 0. The second-order valence-corrected chi connectivity index (χ2v) is 7.23. The number of halogens is 1. The molecule has 2 atom stereocenters. The van der Waals surface area contributed by atoms with E-state index in [2.05, 4.69) is 22.4 Å². The summed E-state index contributed by atoms with van der Waals surface area (Å²) in [6.07, 6.45) is 3.15. The fraction of sp³-hybridized carbons (Fsp3) is 0.444. The minimum atomic E-state index is 0. The number of aryl methyl sites for hydroxylation is 1. The van der Waals surface area contributed by atoms with Gasteiger partial charge in [0.25, 0.3) is 0 Å². The first-order chi connectivity index (χ1) is 11.2. The van der Waals surface area contributed by atoms with Gasteiger partial charge in [-0.2, -0.15) is 0 Å². The van der Waals surface area contributed by atoms with Gasteiger partial charge in [0.15, 0.2) is 0 Å². The van der Waals surface area contributed by atoms with Crippen molar-refractivity contribution in [2.24, 2.45) is 17.6 Å². The van der Waals surface area contributed by atoms with Gasteiger partial charge in [0.1, 0.15) is 5.01 Å². The van der Waals surface area contributed by atoms with Gasteiger partial charge in [-0.1, -0.05) is 36.8 Å². The van der Waals surface area contributed by atoms with Crippen LogP contribution in [-0.2, 0) is 11.3 Å². The molecule has 1 aliphatic carbocycles. The van der Waals surface area contributed by atoms with Gasteiger partial charge < -0.3 is 11.1 Å². The standard InChI is InChI=1S/C18H23N3OS.ClH/c1-12-16(23-18(21-12)13-6-3-2-4-7-13)11-20-17(22)15-9-5-8-14(15)10-19;/h2-4,6-7,14-15H,5,8-11,19H2,1H3,(H,20,22);1H/t14-,15-;/m1./s1. The molecule has 1 saturated carbocycles. The maximum absolute atomic E-state index is 12.4. The Bertz CT molecular complexity index is 674.